The highest BCUT2D eigenvalue weighted by molar-refractivity contribution is 7.09. The Hall–Kier alpha value is -1.36. The van der Waals surface area contributed by atoms with E-state index in [1.807, 2.05) is 29.5 Å². The average molecular weight is 331 g/mol. The largest absolute Gasteiger partial charge is 0.492 e. The normalized spacial score (nSPS) is 17.7. The third-order valence-electron chi connectivity index (χ3n) is 4.20. The number of hydrogen-bond donors (Lipinski definition) is 0. The molecule has 4 heteroatoms. The molecule has 0 radical (unpaired) electrons. The van der Waals surface area contributed by atoms with Gasteiger partial charge in [-0.1, -0.05) is 24.3 Å². The van der Waals surface area contributed by atoms with Crippen molar-refractivity contribution in [1.29, 1.82) is 0 Å². The first-order valence-corrected chi connectivity index (χ1v) is 9.24. The van der Waals surface area contributed by atoms with Crippen molar-refractivity contribution in [2.45, 2.75) is 32.4 Å². The summed E-state index contributed by atoms with van der Waals surface area (Å²) in [6.45, 7) is 6.61. The van der Waals surface area contributed by atoms with Crippen LogP contribution in [0, 0.1) is 6.92 Å². The molecule has 1 saturated heterocycles. The predicted molar refractivity (Wildman–Crippen MR) is 95.2 cm³/mol. The maximum atomic E-state index is 5.97. The minimum Gasteiger partial charge on any atom is -0.492 e. The summed E-state index contributed by atoms with van der Waals surface area (Å²) in [5.74, 6) is 0.987. The molecule has 124 valence electrons. The van der Waals surface area contributed by atoms with Crippen LogP contribution in [0.25, 0.3) is 0 Å². The molecule has 1 atom stereocenters. The zero-order valence-corrected chi connectivity index (χ0v) is 14.6. The van der Waals surface area contributed by atoms with E-state index < -0.39 is 0 Å². The second-order valence-electron chi connectivity index (χ2n) is 6.06. The van der Waals surface area contributed by atoms with Crippen molar-refractivity contribution in [1.82, 2.24) is 4.90 Å². The molecule has 1 aliphatic heterocycles. The molecule has 0 spiro atoms. The molecule has 0 bridgehead atoms. The van der Waals surface area contributed by atoms with Gasteiger partial charge in [-0.05, 0) is 42.8 Å². The first kappa shape index (κ1) is 16.5. The van der Waals surface area contributed by atoms with Crippen molar-refractivity contribution in [2.24, 2.45) is 0 Å². The van der Waals surface area contributed by atoms with Gasteiger partial charge in [-0.2, -0.15) is 0 Å². The highest BCUT2D eigenvalue weighted by Crippen LogP contribution is 2.18. The number of rotatable bonds is 8. The molecule has 1 aromatic heterocycles. The Morgan fingerprint density at radius 2 is 2.17 bits per heavy atom. The topological polar surface area (TPSA) is 21.7 Å². The smallest absolute Gasteiger partial charge is 0.122 e. The molecule has 1 unspecified atom stereocenters. The Kier molecular flexibility index (Phi) is 6.08. The molecule has 0 N–H and O–H groups in total. The maximum Gasteiger partial charge on any atom is 0.122 e. The van der Waals surface area contributed by atoms with Gasteiger partial charge in [-0.25, -0.2) is 0 Å². The Balaban J connectivity index is 1.53. The number of para-hydroxylation sites is 1. The molecule has 1 aliphatic rings. The lowest BCUT2D eigenvalue weighted by atomic mass is 10.2. The lowest BCUT2D eigenvalue weighted by Crippen LogP contribution is -2.34. The summed E-state index contributed by atoms with van der Waals surface area (Å²) in [6.07, 6.45) is 2.75. The first-order valence-electron chi connectivity index (χ1n) is 8.36. The summed E-state index contributed by atoms with van der Waals surface area (Å²) in [7, 11) is 0. The Bertz CT molecular complexity index is 579. The van der Waals surface area contributed by atoms with Crippen LogP contribution in [0.1, 0.15) is 23.3 Å². The first-order chi connectivity index (χ1) is 11.3. The summed E-state index contributed by atoms with van der Waals surface area (Å²) < 4.78 is 11.8. The molecular weight excluding hydrogens is 306 g/mol. The minimum absolute atomic E-state index is 0.383. The van der Waals surface area contributed by atoms with E-state index in [4.69, 9.17) is 9.47 Å². The van der Waals surface area contributed by atoms with Gasteiger partial charge in [0.2, 0.25) is 0 Å². The second kappa shape index (κ2) is 8.48. The molecule has 1 aromatic carbocycles. The molecule has 0 saturated carbocycles. The van der Waals surface area contributed by atoms with Gasteiger partial charge < -0.3 is 9.47 Å². The van der Waals surface area contributed by atoms with E-state index >= 15 is 0 Å². The zero-order valence-electron chi connectivity index (χ0n) is 13.7. The van der Waals surface area contributed by atoms with E-state index in [2.05, 4.69) is 35.4 Å². The molecule has 3 nitrogen and oxygen atoms in total. The van der Waals surface area contributed by atoms with Crippen LogP contribution in [-0.4, -0.2) is 37.3 Å². The third kappa shape index (κ3) is 5.06. The molecule has 2 aromatic rings. The van der Waals surface area contributed by atoms with E-state index in [0.29, 0.717) is 12.7 Å². The number of ether oxygens (including phenoxy) is 2. The number of aryl methyl sites for hydroxylation is 1. The lowest BCUT2D eigenvalue weighted by Gasteiger charge is -2.25. The van der Waals surface area contributed by atoms with Gasteiger partial charge in [0.15, 0.2) is 0 Å². The van der Waals surface area contributed by atoms with Gasteiger partial charge in [0.1, 0.15) is 12.4 Å². The Morgan fingerprint density at radius 1 is 1.26 bits per heavy atom. The fourth-order valence-corrected chi connectivity index (χ4v) is 3.68. The zero-order chi connectivity index (χ0) is 15.9. The van der Waals surface area contributed by atoms with Gasteiger partial charge in [0.05, 0.1) is 6.10 Å². The van der Waals surface area contributed by atoms with E-state index in [1.54, 1.807) is 0 Å². The molecule has 1 fully saturated rings. The van der Waals surface area contributed by atoms with E-state index in [1.165, 1.54) is 23.3 Å². The van der Waals surface area contributed by atoms with Crippen LogP contribution in [0.5, 0.6) is 5.75 Å². The van der Waals surface area contributed by atoms with E-state index in [9.17, 15) is 0 Å². The Labute approximate surface area is 142 Å². The maximum absolute atomic E-state index is 5.97. The van der Waals surface area contributed by atoms with Crippen molar-refractivity contribution in [3.8, 4) is 5.75 Å². The van der Waals surface area contributed by atoms with Crippen molar-refractivity contribution >= 4 is 11.3 Å². The van der Waals surface area contributed by atoms with Gasteiger partial charge in [0, 0.05) is 31.1 Å². The molecule has 2 heterocycles. The molecule has 0 aliphatic carbocycles. The number of thiophene rings is 1. The number of nitrogens with zero attached hydrogens (tertiary/aromatic N) is 1. The van der Waals surface area contributed by atoms with Crippen molar-refractivity contribution in [3.63, 3.8) is 0 Å². The van der Waals surface area contributed by atoms with Crippen LogP contribution in [0.2, 0.25) is 0 Å². The van der Waals surface area contributed by atoms with Gasteiger partial charge in [-0.3, -0.25) is 4.90 Å². The number of hydrogen-bond acceptors (Lipinski definition) is 4. The average Bonchev–Trinajstić information content (AvgIpc) is 3.23. The van der Waals surface area contributed by atoms with Crippen LogP contribution in [0.15, 0.2) is 41.8 Å². The summed E-state index contributed by atoms with van der Waals surface area (Å²) in [6, 6.07) is 12.5. The SMILES string of the molecule is Cc1ccccc1OCCN(Cc1cccs1)CC1CCCO1. The molecular formula is C19H25NO2S. The highest BCUT2D eigenvalue weighted by Gasteiger charge is 2.19. The second-order valence-corrected chi connectivity index (χ2v) is 7.10. The number of benzene rings is 1. The van der Waals surface area contributed by atoms with Gasteiger partial charge in [-0.15, -0.1) is 11.3 Å². The van der Waals surface area contributed by atoms with Crippen LogP contribution in [0.4, 0.5) is 0 Å². The van der Waals surface area contributed by atoms with Crippen molar-refractivity contribution < 1.29 is 9.47 Å². The molecule has 23 heavy (non-hydrogen) atoms. The monoisotopic (exact) mass is 331 g/mol. The van der Waals surface area contributed by atoms with Crippen LogP contribution in [0.3, 0.4) is 0 Å². The van der Waals surface area contributed by atoms with Gasteiger partial charge >= 0.3 is 0 Å². The predicted octanol–water partition coefficient (Wildman–Crippen LogP) is 4.12. The molecule has 0 amide bonds. The lowest BCUT2D eigenvalue weighted by molar-refractivity contribution is 0.0657. The summed E-state index contributed by atoms with van der Waals surface area (Å²) in [4.78, 5) is 3.86. The summed E-state index contributed by atoms with van der Waals surface area (Å²) in [5, 5.41) is 2.14. The van der Waals surface area contributed by atoms with E-state index in [0.717, 1.165) is 32.0 Å². The Morgan fingerprint density at radius 3 is 2.91 bits per heavy atom. The highest BCUT2D eigenvalue weighted by atomic mass is 32.1. The van der Waals surface area contributed by atoms with Gasteiger partial charge in [0.25, 0.3) is 0 Å². The van der Waals surface area contributed by atoms with Crippen LogP contribution in [-0.2, 0) is 11.3 Å². The van der Waals surface area contributed by atoms with Crippen LogP contribution >= 0.6 is 11.3 Å². The fraction of sp³-hybridized carbons (Fsp3) is 0.474. The minimum atomic E-state index is 0.383. The van der Waals surface area contributed by atoms with Crippen molar-refractivity contribution in [3.05, 3.63) is 52.2 Å². The summed E-state index contributed by atoms with van der Waals surface area (Å²) in [5.41, 5.74) is 1.19. The standard InChI is InChI=1S/C19H25NO2S/c1-16-6-2-3-9-19(16)22-12-10-20(14-17-7-4-11-21-17)15-18-8-5-13-23-18/h2-3,5-6,8-9,13,17H,4,7,10-12,14-15H2,1H3. The fourth-order valence-electron chi connectivity index (χ4n) is 2.94. The quantitative estimate of drug-likeness (QED) is 0.726. The van der Waals surface area contributed by atoms with Crippen LogP contribution < -0.4 is 4.74 Å². The van der Waals surface area contributed by atoms with E-state index in [-0.39, 0.29) is 0 Å². The summed E-state index contributed by atoms with van der Waals surface area (Å²) >= 11 is 1.82. The van der Waals surface area contributed by atoms with Crippen molar-refractivity contribution in [2.75, 3.05) is 26.3 Å². The third-order valence-corrected chi connectivity index (χ3v) is 5.07. The molecule has 3 rings (SSSR count).